The Kier molecular flexibility index (Phi) is 3.42. The molecule has 16 heavy (non-hydrogen) atoms. The molecule has 0 aromatic heterocycles. The second-order valence-electron chi connectivity index (χ2n) is 4.57. The highest BCUT2D eigenvalue weighted by atomic mass is 16.3. The van der Waals surface area contributed by atoms with Gasteiger partial charge in [-0.25, -0.2) is 0 Å². The van der Waals surface area contributed by atoms with Crippen molar-refractivity contribution in [2.75, 3.05) is 13.1 Å². The SMILES string of the molecule is C=CC1(O)CCN(Cc2ccccc2)CC1. The van der Waals surface area contributed by atoms with E-state index in [2.05, 4.69) is 35.7 Å². The fourth-order valence-electron chi connectivity index (χ4n) is 2.14. The summed E-state index contributed by atoms with van der Waals surface area (Å²) in [5, 5.41) is 10.0. The molecule has 2 heteroatoms. The van der Waals surface area contributed by atoms with Gasteiger partial charge in [0.1, 0.15) is 0 Å². The fourth-order valence-corrected chi connectivity index (χ4v) is 2.14. The summed E-state index contributed by atoms with van der Waals surface area (Å²) in [6.45, 7) is 6.56. The summed E-state index contributed by atoms with van der Waals surface area (Å²) >= 11 is 0. The lowest BCUT2D eigenvalue weighted by atomic mass is 9.91. The summed E-state index contributed by atoms with van der Waals surface area (Å²) in [6, 6.07) is 10.5. The predicted octanol–water partition coefficient (Wildman–Crippen LogP) is 2.20. The molecule has 1 aromatic rings. The Hall–Kier alpha value is -1.12. The van der Waals surface area contributed by atoms with Crippen LogP contribution in [0.5, 0.6) is 0 Å². The minimum absolute atomic E-state index is 0.632. The van der Waals surface area contributed by atoms with Crippen molar-refractivity contribution in [1.29, 1.82) is 0 Å². The van der Waals surface area contributed by atoms with Crippen LogP contribution in [0.4, 0.5) is 0 Å². The number of hydrogen-bond donors (Lipinski definition) is 1. The Morgan fingerprint density at radius 2 is 1.88 bits per heavy atom. The van der Waals surface area contributed by atoms with Crippen LogP contribution in [0.2, 0.25) is 0 Å². The Morgan fingerprint density at radius 3 is 2.44 bits per heavy atom. The van der Waals surface area contributed by atoms with Gasteiger partial charge in [-0.15, -0.1) is 6.58 Å². The Bertz CT molecular complexity index is 339. The first kappa shape index (κ1) is 11.4. The first-order valence-corrected chi connectivity index (χ1v) is 5.84. The quantitative estimate of drug-likeness (QED) is 0.785. The summed E-state index contributed by atoms with van der Waals surface area (Å²) in [6.07, 6.45) is 3.28. The molecule has 2 nitrogen and oxygen atoms in total. The monoisotopic (exact) mass is 217 g/mol. The number of piperidine rings is 1. The maximum absolute atomic E-state index is 10.0. The highest BCUT2D eigenvalue weighted by molar-refractivity contribution is 5.14. The lowest BCUT2D eigenvalue weighted by Gasteiger charge is -2.36. The molecule has 1 heterocycles. The van der Waals surface area contributed by atoms with E-state index in [1.165, 1.54) is 5.56 Å². The minimum atomic E-state index is -0.632. The number of aliphatic hydroxyl groups is 1. The maximum Gasteiger partial charge on any atom is 0.0849 e. The average Bonchev–Trinajstić information content (AvgIpc) is 2.34. The van der Waals surface area contributed by atoms with E-state index in [1.807, 2.05) is 6.07 Å². The van der Waals surface area contributed by atoms with Crippen LogP contribution in [0, 0.1) is 0 Å². The van der Waals surface area contributed by atoms with Crippen LogP contribution in [-0.4, -0.2) is 28.7 Å². The second kappa shape index (κ2) is 4.81. The summed E-state index contributed by atoms with van der Waals surface area (Å²) in [5.41, 5.74) is 0.708. The fraction of sp³-hybridized carbons (Fsp3) is 0.429. The lowest BCUT2D eigenvalue weighted by Crippen LogP contribution is -2.42. The van der Waals surface area contributed by atoms with Gasteiger partial charge in [0, 0.05) is 19.6 Å². The normalized spacial score (nSPS) is 20.6. The van der Waals surface area contributed by atoms with Crippen LogP contribution >= 0.6 is 0 Å². The first-order chi connectivity index (χ1) is 7.72. The van der Waals surface area contributed by atoms with Gasteiger partial charge in [0.25, 0.3) is 0 Å². The van der Waals surface area contributed by atoms with Gasteiger partial charge in [-0.05, 0) is 18.4 Å². The Labute approximate surface area is 97.2 Å². The first-order valence-electron chi connectivity index (χ1n) is 5.84. The Morgan fingerprint density at radius 1 is 1.25 bits per heavy atom. The van der Waals surface area contributed by atoms with Crippen LogP contribution in [0.25, 0.3) is 0 Å². The number of likely N-dealkylation sites (tertiary alicyclic amines) is 1. The van der Waals surface area contributed by atoms with E-state index in [0.29, 0.717) is 0 Å². The minimum Gasteiger partial charge on any atom is -0.386 e. The van der Waals surface area contributed by atoms with Crippen LogP contribution in [0.3, 0.4) is 0 Å². The number of hydrogen-bond acceptors (Lipinski definition) is 2. The molecule has 0 radical (unpaired) electrons. The molecule has 0 bridgehead atoms. The Balaban J connectivity index is 1.88. The van der Waals surface area contributed by atoms with Gasteiger partial charge in [0.05, 0.1) is 5.60 Å². The molecule has 1 aromatic carbocycles. The van der Waals surface area contributed by atoms with Crippen molar-refractivity contribution in [3.05, 3.63) is 48.6 Å². The van der Waals surface area contributed by atoms with E-state index in [-0.39, 0.29) is 0 Å². The zero-order valence-corrected chi connectivity index (χ0v) is 9.60. The largest absolute Gasteiger partial charge is 0.386 e. The van der Waals surface area contributed by atoms with Crippen LogP contribution in [0.15, 0.2) is 43.0 Å². The smallest absolute Gasteiger partial charge is 0.0849 e. The molecule has 0 saturated carbocycles. The standard InChI is InChI=1S/C14H19NO/c1-2-14(16)8-10-15(11-9-14)12-13-6-4-3-5-7-13/h2-7,16H,1,8-12H2. The van der Waals surface area contributed by atoms with Gasteiger partial charge in [-0.3, -0.25) is 4.90 Å². The van der Waals surface area contributed by atoms with Crippen LogP contribution in [-0.2, 0) is 6.54 Å². The van der Waals surface area contributed by atoms with E-state index in [0.717, 1.165) is 32.5 Å². The van der Waals surface area contributed by atoms with Crippen molar-refractivity contribution >= 4 is 0 Å². The molecule has 1 aliphatic rings. The third kappa shape index (κ3) is 2.71. The van der Waals surface area contributed by atoms with E-state index in [9.17, 15) is 5.11 Å². The second-order valence-corrected chi connectivity index (χ2v) is 4.57. The van der Waals surface area contributed by atoms with Gasteiger partial charge in [-0.1, -0.05) is 36.4 Å². The van der Waals surface area contributed by atoms with Crippen LogP contribution in [0.1, 0.15) is 18.4 Å². The molecule has 0 spiro atoms. The highest BCUT2D eigenvalue weighted by Crippen LogP contribution is 2.23. The summed E-state index contributed by atoms with van der Waals surface area (Å²) in [7, 11) is 0. The van der Waals surface area contributed by atoms with Crippen LogP contribution < -0.4 is 0 Å². The molecule has 1 aliphatic heterocycles. The molecule has 86 valence electrons. The van der Waals surface area contributed by atoms with Crippen molar-refractivity contribution in [2.24, 2.45) is 0 Å². The third-order valence-corrected chi connectivity index (χ3v) is 3.35. The molecule has 1 fully saturated rings. The number of nitrogens with zero attached hydrogens (tertiary/aromatic N) is 1. The summed E-state index contributed by atoms with van der Waals surface area (Å²) in [5.74, 6) is 0. The highest BCUT2D eigenvalue weighted by Gasteiger charge is 2.28. The predicted molar refractivity (Wildman–Crippen MR) is 66.1 cm³/mol. The zero-order chi connectivity index (χ0) is 11.4. The molecule has 0 aliphatic carbocycles. The maximum atomic E-state index is 10.0. The van der Waals surface area contributed by atoms with E-state index >= 15 is 0 Å². The van der Waals surface area contributed by atoms with E-state index < -0.39 is 5.60 Å². The summed E-state index contributed by atoms with van der Waals surface area (Å²) in [4.78, 5) is 2.38. The van der Waals surface area contributed by atoms with Gasteiger partial charge in [0.15, 0.2) is 0 Å². The molecule has 1 N–H and O–H groups in total. The average molecular weight is 217 g/mol. The van der Waals surface area contributed by atoms with E-state index in [4.69, 9.17) is 0 Å². The molecule has 1 saturated heterocycles. The number of benzene rings is 1. The topological polar surface area (TPSA) is 23.5 Å². The third-order valence-electron chi connectivity index (χ3n) is 3.35. The molecule has 0 amide bonds. The number of rotatable bonds is 3. The van der Waals surface area contributed by atoms with Crippen molar-refractivity contribution in [3.63, 3.8) is 0 Å². The van der Waals surface area contributed by atoms with Crippen molar-refractivity contribution < 1.29 is 5.11 Å². The van der Waals surface area contributed by atoms with Crippen molar-refractivity contribution in [3.8, 4) is 0 Å². The molecular formula is C14H19NO. The van der Waals surface area contributed by atoms with Gasteiger partial charge in [0.2, 0.25) is 0 Å². The lowest BCUT2D eigenvalue weighted by molar-refractivity contribution is 0.0170. The van der Waals surface area contributed by atoms with Gasteiger partial charge < -0.3 is 5.11 Å². The van der Waals surface area contributed by atoms with Gasteiger partial charge in [-0.2, -0.15) is 0 Å². The molecular weight excluding hydrogens is 198 g/mol. The van der Waals surface area contributed by atoms with Crippen molar-refractivity contribution in [1.82, 2.24) is 4.90 Å². The van der Waals surface area contributed by atoms with Crippen molar-refractivity contribution in [2.45, 2.75) is 25.0 Å². The zero-order valence-electron chi connectivity index (χ0n) is 9.60. The molecule has 0 unspecified atom stereocenters. The molecule has 2 rings (SSSR count). The summed E-state index contributed by atoms with van der Waals surface area (Å²) < 4.78 is 0. The van der Waals surface area contributed by atoms with Gasteiger partial charge >= 0.3 is 0 Å². The van der Waals surface area contributed by atoms with E-state index in [1.54, 1.807) is 6.08 Å². The molecule has 0 atom stereocenters.